The molecule has 0 aromatic rings. The first-order valence-corrected chi connectivity index (χ1v) is 26.3. The van der Waals surface area contributed by atoms with Crippen molar-refractivity contribution in [1.29, 1.82) is 0 Å². The molecular weight excluding hydrogens is 817 g/mol. The first-order valence-electron chi connectivity index (χ1n) is 26.3. The predicted molar refractivity (Wildman–Crippen MR) is 283 cm³/mol. The quantitative estimate of drug-likeness (QED) is 0.0262. The van der Waals surface area contributed by atoms with E-state index in [0.717, 1.165) is 122 Å². The van der Waals surface area contributed by atoms with Crippen LogP contribution in [0.5, 0.6) is 0 Å². The van der Waals surface area contributed by atoms with Gasteiger partial charge < -0.3 is 14.2 Å². The van der Waals surface area contributed by atoms with Crippen molar-refractivity contribution in [1.82, 2.24) is 0 Å². The smallest absolute Gasteiger partial charge is 0.306 e. The van der Waals surface area contributed by atoms with E-state index in [2.05, 4.69) is 130 Å². The zero-order chi connectivity index (χ0) is 47.9. The van der Waals surface area contributed by atoms with Crippen molar-refractivity contribution in [3.63, 3.8) is 0 Å². The van der Waals surface area contributed by atoms with E-state index >= 15 is 0 Å². The van der Waals surface area contributed by atoms with Crippen LogP contribution < -0.4 is 0 Å². The number of rotatable bonds is 45. The van der Waals surface area contributed by atoms with E-state index in [-0.39, 0.29) is 37.5 Å². The zero-order valence-electron chi connectivity index (χ0n) is 42.1. The van der Waals surface area contributed by atoms with Crippen LogP contribution in [0.2, 0.25) is 0 Å². The van der Waals surface area contributed by atoms with Crippen LogP contribution in [0, 0.1) is 0 Å². The van der Waals surface area contributed by atoms with Gasteiger partial charge in [-0.2, -0.15) is 0 Å². The van der Waals surface area contributed by atoms with Gasteiger partial charge in [0.15, 0.2) is 6.10 Å². The molecule has 66 heavy (non-hydrogen) atoms. The van der Waals surface area contributed by atoms with E-state index in [1.54, 1.807) is 0 Å². The van der Waals surface area contributed by atoms with Crippen LogP contribution in [-0.4, -0.2) is 37.2 Å². The average molecular weight is 911 g/mol. The summed E-state index contributed by atoms with van der Waals surface area (Å²) in [5.74, 6) is -0.973. The van der Waals surface area contributed by atoms with Crippen LogP contribution >= 0.6 is 0 Å². The topological polar surface area (TPSA) is 78.9 Å². The Morgan fingerprint density at radius 1 is 0.318 bits per heavy atom. The molecule has 0 amide bonds. The maximum atomic E-state index is 12.8. The highest BCUT2D eigenvalue weighted by Gasteiger charge is 2.19. The fraction of sp³-hybridized carbons (Fsp3) is 0.583. The summed E-state index contributed by atoms with van der Waals surface area (Å²) in [5.41, 5.74) is 0. The number of hydrogen-bond acceptors (Lipinski definition) is 6. The van der Waals surface area contributed by atoms with Gasteiger partial charge in [-0.3, -0.25) is 14.4 Å². The fourth-order valence-electron chi connectivity index (χ4n) is 6.70. The number of esters is 3. The molecular formula is C60H94O6. The molecule has 0 aromatic carbocycles. The summed E-state index contributed by atoms with van der Waals surface area (Å²) in [7, 11) is 0. The number of allylic oxidation sites excluding steroid dienone is 22. The largest absolute Gasteiger partial charge is 0.462 e. The first kappa shape index (κ1) is 61.5. The lowest BCUT2D eigenvalue weighted by Gasteiger charge is -2.18. The van der Waals surface area contributed by atoms with Crippen molar-refractivity contribution in [2.24, 2.45) is 0 Å². The lowest BCUT2D eigenvalue weighted by Crippen LogP contribution is -2.30. The SMILES string of the molecule is CC\C=C/C=C\C=C/C=C\CCCCCCCC(=O)OC(COC(=O)CCCCCCC\C=C/C=C\C=C/C=C\CCCCC)COC(=O)CCCCCCCCC\C=C/C=C\C=C/CC. The third-order valence-electron chi connectivity index (χ3n) is 10.6. The Kier molecular flexibility index (Phi) is 49.6. The Morgan fingerprint density at radius 2 is 0.591 bits per heavy atom. The standard InChI is InChI=1S/C60H94O6/c1-4-7-10-13-16-19-22-25-28-29-30-33-35-38-41-44-47-50-53-59(62)65-56-57(66-60(63)54-51-48-45-42-39-36-32-27-24-21-18-15-12-9-6-3)55-64-58(61)52-49-46-43-40-37-34-31-26-23-20-17-14-11-8-5-2/h8-9,11-12,14-25,27-30,32-33,57H,4-7,10,13,26,31,34-56H2,1-3H3/b11-8-,12-9-,17-14-,18-15-,19-16-,23-20-,24-21-,25-22-,29-28-,32-27-,33-30-. The molecule has 0 heterocycles. The molecule has 0 radical (unpaired) electrons. The molecule has 0 aliphatic rings. The Morgan fingerprint density at radius 3 is 0.924 bits per heavy atom. The predicted octanol–water partition coefficient (Wildman–Crippen LogP) is 17.5. The molecule has 0 spiro atoms. The van der Waals surface area contributed by atoms with Gasteiger partial charge in [0.25, 0.3) is 0 Å². The molecule has 0 rings (SSSR count). The Bertz CT molecular complexity index is 1460. The Balaban J connectivity index is 4.52. The summed E-state index contributed by atoms with van der Waals surface area (Å²) >= 11 is 0. The lowest BCUT2D eigenvalue weighted by atomic mass is 10.1. The summed E-state index contributed by atoms with van der Waals surface area (Å²) < 4.78 is 16.8. The summed E-state index contributed by atoms with van der Waals surface area (Å²) in [5, 5.41) is 0. The van der Waals surface area contributed by atoms with Gasteiger partial charge in [0, 0.05) is 19.3 Å². The maximum absolute atomic E-state index is 12.8. The maximum Gasteiger partial charge on any atom is 0.306 e. The van der Waals surface area contributed by atoms with Gasteiger partial charge in [-0.15, -0.1) is 0 Å². The number of unbranched alkanes of at least 4 members (excludes halogenated alkanes) is 20. The van der Waals surface area contributed by atoms with E-state index in [1.807, 2.05) is 24.3 Å². The van der Waals surface area contributed by atoms with Gasteiger partial charge in [-0.1, -0.05) is 238 Å². The van der Waals surface area contributed by atoms with E-state index < -0.39 is 6.10 Å². The average Bonchev–Trinajstić information content (AvgIpc) is 3.31. The molecule has 0 N–H and O–H groups in total. The van der Waals surface area contributed by atoms with Gasteiger partial charge in [-0.25, -0.2) is 0 Å². The number of carbonyl (C=O) groups is 3. The van der Waals surface area contributed by atoms with Crippen molar-refractivity contribution in [2.45, 2.75) is 213 Å². The molecule has 0 aliphatic carbocycles. The highest BCUT2D eigenvalue weighted by molar-refractivity contribution is 5.71. The van der Waals surface area contributed by atoms with Crippen molar-refractivity contribution >= 4 is 17.9 Å². The van der Waals surface area contributed by atoms with Crippen LogP contribution in [0.25, 0.3) is 0 Å². The summed E-state index contributed by atoms with van der Waals surface area (Å²) in [6.45, 7) is 6.26. The van der Waals surface area contributed by atoms with Crippen LogP contribution in [0.15, 0.2) is 134 Å². The van der Waals surface area contributed by atoms with E-state index in [1.165, 1.54) is 44.9 Å². The van der Waals surface area contributed by atoms with Crippen LogP contribution in [0.3, 0.4) is 0 Å². The highest BCUT2D eigenvalue weighted by Crippen LogP contribution is 2.13. The monoisotopic (exact) mass is 911 g/mol. The van der Waals surface area contributed by atoms with Crippen molar-refractivity contribution < 1.29 is 28.6 Å². The second kappa shape index (κ2) is 53.2. The number of hydrogen-bond donors (Lipinski definition) is 0. The molecule has 0 aliphatic heterocycles. The molecule has 1 atom stereocenters. The van der Waals surface area contributed by atoms with Gasteiger partial charge >= 0.3 is 17.9 Å². The van der Waals surface area contributed by atoms with Gasteiger partial charge in [0.05, 0.1) is 0 Å². The van der Waals surface area contributed by atoms with Gasteiger partial charge in [-0.05, 0) is 83.5 Å². The molecule has 370 valence electrons. The molecule has 0 saturated heterocycles. The molecule has 0 aromatic heterocycles. The van der Waals surface area contributed by atoms with Crippen LogP contribution in [0.4, 0.5) is 0 Å². The molecule has 0 fully saturated rings. The van der Waals surface area contributed by atoms with Crippen LogP contribution in [0.1, 0.15) is 207 Å². The normalized spacial score (nSPS) is 13.2. The molecule has 0 saturated carbocycles. The van der Waals surface area contributed by atoms with Crippen molar-refractivity contribution in [3.05, 3.63) is 134 Å². The third-order valence-corrected chi connectivity index (χ3v) is 10.6. The minimum absolute atomic E-state index is 0.107. The van der Waals surface area contributed by atoms with Gasteiger partial charge in [0.1, 0.15) is 13.2 Å². The summed E-state index contributed by atoms with van der Waals surface area (Å²) in [6.07, 6.45) is 74.2. The molecule has 6 heteroatoms. The van der Waals surface area contributed by atoms with Crippen LogP contribution in [-0.2, 0) is 28.6 Å². The Hall–Kier alpha value is -4.45. The molecule has 1 unspecified atom stereocenters. The molecule has 0 bridgehead atoms. The Labute approximate surface area is 405 Å². The fourth-order valence-corrected chi connectivity index (χ4v) is 6.70. The van der Waals surface area contributed by atoms with Gasteiger partial charge in [0.2, 0.25) is 0 Å². The van der Waals surface area contributed by atoms with E-state index in [0.29, 0.717) is 12.8 Å². The number of carbonyl (C=O) groups excluding carboxylic acids is 3. The van der Waals surface area contributed by atoms with Crippen molar-refractivity contribution in [3.8, 4) is 0 Å². The summed E-state index contributed by atoms with van der Waals surface area (Å²) in [4.78, 5) is 38.1. The lowest BCUT2D eigenvalue weighted by molar-refractivity contribution is -0.167. The minimum Gasteiger partial charge on any atom is -0.462 e. The highest BCUT2D eigenvalue weighted by atomic mass is 16.6. The third kappa shape index (κ3) is 50.5. The zero-order valence-corrected chi connectivity index (χ0v) is 42.1. The molecule has 6 nitrogen and oxygen atoms in total. The minimum atomic E-state index is -0.811. The second-order valence-electron chi connectivity index (χ2n) is 16.9. The van der Waals surface area contributed by atoms with E-state index in [4.69, 9.17) is 14.2 Å². The summed E-state index contributed by atoms with van der Waals surface area (Å²) in [6, 6.07) is 0. The second-order valence-corrected chi connectivity index (χ2v) is 16.9. The first-order chi connectivity index (χ1) is 32.5. The number of ether oxygens (including phenoxy) is 3. The van der Waals surface area contributed by atoms with Crippen molar-refractivity contribution in [2.75, 3.05) is 13.2 Å². The van der Waals surface area contributed by atoms with E-state index in [9.17, 15) is 14.4 Å².